The number of halogens is 2. The number of carbonyl (C=O) groups excluding carboxylic acids is 2. The molecule has 1 amide bonds. The summed E-state index contributed by atoms with van der Waals surface area (Å²) in [6.45, 7) is 3.38. The van der Waals surface area contributed by atoms with Gasteiger partial charge in [0.15, 0.2) is 6.04 Å². The number of nitrogens with one attached hydrogen (secondary N) is 1. The molecule has 2 aromatic rings. The smallest absolute Gasteiger partial charge is 0.333 e. The van der Waals surface area contributed by atoms with Gasteiger partial charge in [0.1, 0.15) is 22.9 Å². The van der Waals surface area contributed by atoms with Gasteiger partial charge in [-0.3, -0.25) is 4.79 Å². The van der Waals surface area contributed by atoms with Gasteiger partial charge in [0.25, 0.3) is 0 Å². The van der Waals surface area contributed by atoms with Crippen molar-refractivity contribution >= 4 is 18.1 Å². The van der Waals surface area contributed by atoms with E-state index in [0.717, 1.165) is 12.1 Å². The van der Waals surface area contributed by atoms with Crippen LogP contribution >= 0.6 is 0 Å². The number of aryl methyl sites for hydroxylation is 1. The van der Waals surface area contributed by atoms with E-state index in [1.807, 2.05) is 0 Å². The van der Waals surface area contributed by atoms with Gasteiger partial charge in [-0.1, -0.05) is 30.3 Å². The van der Waals surface area contributed by atoms with E-state index in [1.165, 1.54) is 0 Å². The second kappa shape index (κ2) is 8.62. The molecular weight excluding hydrogens is 354 g/mol. The Balaban J connectivity index is 2.05. The molecular formula is C20H22F2N2O3. The van der Waals surface area contributed by atoms with Crippen LogP contribution in [0.15, 0.2) is 42.5 Å². The number of esters is 1. The zero-order valence-electron chi connectivity index (χ0n) is 15.2. The lowest BCUT2D eigenvalue weighted by Crippen LogP contribution is -2.36. The lowest BCUT2D eigenvalue weighted by molar-refractivity contribution is -0.160. The Morgan fingerprint density at radius 3 is 2.37 bits per heavy atom. The Labute approximate surface area is 156 Å². The maximum absolute atomic E-state index is 13.6. The third-order valence-corrected chi connectivity index (χ3v) is 4.13. The van der Waals surface area contributed by atoms with E-state index in [2.05, 4.69) is 5.32 Å². The van der Waals surface area contributed by atoms with E-state index < -0.39 is 34.9 Å². The average Bonchev–Trinajstić information content (AvgIpc) is 2.62. The Morgan fingerprint density at radius 2 is 1.81 bits per heavy atom. The van der Waals surface area contributed by atoms with Crippen LogP contribution in [0.2, 0.25) is 0 Å². The molecule has 0 heterocycles. The monoisotopic (exact) mass is 376 g/mol. The summed E-state index contributed by atoms with van der Waals surface area (Å²) in [5.74, 6) is -2.26. The number of amides is 1. The molecule has 0 aliphatic rings. The van der Waals surface area contributed by atoms with Crippen LogP contribution in [0.25, 0.3) is 0 Å². The molecule has 2 aromatic carbocycles. The molecule has 2 rings (SSSR count). The van der Waals surface area contributed by atoms with Crippen molar-refractivity contribution < 1.29 is 23.1 Å². The largest absolute Gasteiger partial charge is 0.458 e. The van der Waals surface area contributed by atoms with E-state index in [9.17, 15) is 18.4 Å². The van der Waals surface area contributed by atoms with Gasteiger partial charge in [0.2, 0.25) is 6.41 Å². The number of hydrogen-bond acceptors (Lipinski definition) is 4. The molecule has 0 aliphatic heterocycles. The van der Waals surface area contributed by atoms with Gasteiger partial charge in [0, 0.05) is 0 Å². The summed E-state index contributed by atoms with van der Waals surface area (Å²) in [6, 6.07) is 10.1. The average molecular weight is 376 g/mol. The summed E-state index contributed by atoms with van der Waals surface area (Å²) in [7, 11) is 0. The first kappa shape index (κ1) is 20.4. The highest BCUT2D eigenvalue weighted by molar-refractivity contribution is 5.80. The second-order valence-corrected chi connectivity index (χ2v) is 6.78. The van der Waals surface area contributed by atoms with Crippen LogP contribution in [0.1, 0.15) is 37.4 Å². The third-order valence-electron chi connectivity index (χ3n) is 4.13. The van der Waals surface area contributed by atoms with Crippen molar-refractivity contribution in [2.45, 2.75) is 38.3 Å². The molecule has 27 heavy (non-hydrogen) atoms. The normalized spacial score (nSPS) is 12.3. The molecule has 0 spiro atoms. The number of carbonyl (C=O) groups is 2. The van der Waals surface area contributed by atoms with Crippen LogP contribution in [-0.2, 0) is 20.7 Å². The number of nitrogen functional groups attached to an aromatic ring is 1. The predicted molar refractivity (Wildman–Crippen MR) is 97.6 cm³/mol. The summed E-state index contributed by atoms with van der Waals surface area (Å²) in [4.78, 5) is 23.4. The fourth-order valence-corrected chi connectivity index (χ4v) is 2.62. The van der Waals surface area contributed by atoms with Gasteiger partial charge in [-0.2, -0.15) is 0 Å². The lowest BCUT2D eigenvalue weighted by Gasteiger charge is -2.28. The van der Waals surface area contributed by atoms with E-state index in [1.54, 1.807) is 44.2 Å². The molecule has 1 atom stereocenters. The van der Waals surface area contributed by atoms with Crippen molar-refractivity contribution in [3.05, 3.63) is 65.2 Å². The van der Waals surface area contributed by atoms with Gasteiger partial charge < -0.3 is 15.8 Å². The molecule has 3 N–H and O–H groups in total. The SMILES string of the molecule is CC(C)(CCc1cc(F)c(N)c(F)c1)OC(=O)C(NC=O)c1ccccc1. The first-order valence-electron chi connectivity index (χ1n) is 8.44. The molecule has 0 radical (unpaired) electrons. The molecule has 0 saturated carbocycles. The third kappa shape index (κ3) is 5.51. The fraction of sp³-hybridized carbons (Fsp3) is 0.300. The second-order valence-electron chi connectivity index (χ2n) is 6.78. The molecule has 0 saturated heterocycles. The summed E-state index contributed by atoms with van der Waals surface area (Å²) in [5.41, 5.74) is 4.83. The molecule has 5 nitrogen and oxygen atoms in total. The van der Waals surface area contributed by atoms with Crippen LogP contribution in [0, 0.1) is 11.6 Å². The topological polar surface area (TPSA) is 81.4 Å². The van der Waals surface area contributed by atoms with Gasteiger partial charge in [0.05, 0.1) is 0 Å². The summed E-state index contributed by atoms with van der Waals surface area (Å²) < 4.78 is 32.7. The summed E-state index contributed by atoms with van der Waals surface area (Å²) in [6.07, 6.45) is 1.04. The summed E-state index contributed by atoms with van der Waals surface area (Å²) in [5, 5.41) is 2.45. The number of anilines is 1. The zero-order valence-corrected chi connectivity index (χ0v) is 15.2. The number of ether oxygens (including phenoxy) is 1. The number of hydrogen-bond donors (Lipinski definition) is 2. The van der Waals surface area contributed by atoms with E-state index >= 15 is 0 Å². The molecule has 144 valence electrons. The van der Waals surface area contributed by atoms with Crippen LogP contribution in [0.5, 0.6) is 0 Å². The molecule has 7 heteroatoms. The van der Waals surface area contributed by atoms with Gasteiger partial charge in [-0.05, 0) is 49.9 Å². The van der Waals surface area contributed by atoms with Gasteiger partial charge in [-0.25, -0.2) is 13.6 Å². The fourth-order valence-electron chi connectivity index (χ4n) is 2.62. The Hall–Kier alpha value is -2.96. The molecule has 0 fully saturated rings. The van der Waals surface area contributed by atoms with E-state index in [0.29, 0.717) is 24.0 Å². The number of rotatable bonds is 8. The predicted octanol–water partition coefficient (Wildman–Crippen LogP) is 3.29. The standard InChI is InChI=1S/C20H22F2N2O3/c1-20(2,9-8-13-10-15(21)17(23)16(22)11-13)27-19(26)18(24-12-25)14-6-4-3-5-7-14/h3-7,10-12,18H,8-9,23H2,1-2H3,(H,24,25). The van der Waals surface area contributed by atoms with Gasteiger partial charge >= 0.3 is 5.97 Å². The Kier molecular flexibility index (Phi) is 6.50. The van der Waals surface area contributed by atoms with Crippen molar-refractivity contribution in [1.82, 2.24) is 5.32 Å². The molecule has 1 unspecified atom stereocenters. The van der Waals surface area contributed by atoms with Crippen LogP contribution < -0.4 is 11.1 Å². The minimum atomic E-state index is -0.936. The van der Waals surface area contributed by atoms with Crippen LogP contribution in [0.3, 0.4) is 0 Å². The Bertz CT molecular complexity index is 787. The highest BCUT2D eigenvalue weighted by Crippen LogP contribution is 2.24. The van der Waals surface area contributed by atoms with Crippen molar-refractivity contribution in [2.24, 2.45) is 0 Å². The minimum Gasteiger partial charge on any atom is -0.458 e. The first-order chi connectivity index (χ1) is 12.7. The van der Waals surface area contributed by atoms with Gasteiger partial charge in [-0.15, -0.1) is 0 Å². The van der Waals surface area contributed by atoms with Crippen LogP contribution in [0.4, 0.5) is 14.5 Å². The van der Waals surface area contributed by atoms with Crippen LogP contribution in [-0.4, -0.2) is 18.0 Å². The molecule has 0 bridgehead atoms. The lowest BCUT2D eigenvalue weighted by atomic mass is 9.97. The maximum atomic E-state index is 13.6. The van der Waals surface area contributed by atoms with Crippen molar-refractivity contribution in [3.8, 4) is 0 Å². The molecule has 0 aliphatic carbocycles. The first-order valence-corrected chi connectivity index (χ1v) is 8.44. The van der Waals surface area contributed by atoms with E-state index in [-0.39, 0.29) is 6.42 Å². The zero-order chi connectivity index (χ0) is 20.0. The van der Waals surface area contributed by atoms with E-state index in [4.69, 9.17) is 10.5 Å². The summed E-state index contributed by atoms with van der Waals surface area (Å²) >= 11 is 0. The van der Waals surface area contributed by atoms with Crippen molar-refractivity contribution in [3.63, 3.8) is 0 Å². The van der Waals surface area contributed by atoms with Crippen molar-refractivity contribution in [2.75, 3.05) is 5.73 Å². The number of nitrogens with two attached hydrogens (primary N) is 1. The highest BCUT2D eigenvalue weighted by atomic mass is 19.1. The quantitative estimate of drug-likeness (QED) is 0.421. The number of benzene rings is 2. The minimum absolute atomic E-state index is 0.283. The highest BCUT2D eigenvalue weighted by Gasteiger charge is 2.29. The van der Waals surface area contributed by atoms with Crippen molar-refractivity contribution in [1.29, 1.82) is 0 Å². The Morgan fingerprint density at radius 1 is 1.22 bits per heavy atom. The molecule has 0 aromatic heterocycles. The maximum Gasteiger partial charge on any atom is 0.333 e.